The molecule has 3 nitrogen and oxygen atoms in total. The fraction of sp³-hybridized carbons (Fsp3) is 0.167. The number of rotatable bonds is 3. The average molecular weight is 231 g/mol. The maximum Gasteiger partial charge on any atom is 0.192 e. The summed E-state index contributed by atoms with van der Waals surface area (Å²) in [7, 11) is 0. The fourth-order valence-electron chi connectivity index (χ4n) is 1.32. The highest BCUT2D eigenvalue weighted by Gasteiger charge is 2.01. The Morgan fingerprint density at radius 3 is 2.94 bits per heavy atom. The standard InChI is InChI=1S/C12H13N3S/c1-9-3-2-4-11(7-9)16-12-14-6-5-10(8-13)15-12/h2-7H,8,13H2,1H3. The summed E-state index contributed by atoms with van der Waals surface area (Å²) in [5.74, 6) is 0. The van der Waals surface area contributed by atoms with E-state index in [1.165, 1.54) is 5.56 Å². The Labute approximate surface area is 99.1 Å². The minimum atomic E-state index is 0.448. The summed E-state index contributed by atoms with van der Waals surface area (Å²) >= 11 is 1.55. The first-order chi connectivity index (χ1) is 7.78. The van der Waals surface area contributed by atoms with Crippen molar-refractivity contribution in [2.75, 3.05) is 0 Å². The summed E-state index contributed by atoms with van der Waals surface area (Å²) in [4.78, 5) is 9.70. The molecule has 1 aromatic carbocycles. The minimum absolute atomic E-state index is 0.448. The zero-order valence-corrected chi connectivity index (χ0v) is 9.87. The third-order valence-corrected chi connectivity index (χ3v) is 2.97. The highest BCUT2D eigenvalue weighted by Crippen LogP contribution is 2.24. The number of nitrogens with zero attached hydrogens (tertiary/aromatic N) is 2. The first kappa shape index (κ1) is 11.1. The summed E-state index contributed by atoms with van der Waals surface area (Å²) < 4.78 is 0. The van der Waals surface area contributed by atoms with E-state index in [0.29, 0.717) is 6.54 Å². The van der Waals surface area contributed by atoms with Crippen LogP contribution in [-0.2, 0) is 6.54 Å². The molecule has 0 bridgehead atoms. The molecular weight excluding hydrogens is 218 g/mol. The molecule has 16 heavy (non-hydrogen) atoms. The molecule has 2 aromatic rings. The zero-order chi connectivity index (χ0) is 11.4. The van der Waals surface area contributed by atoms with Crippen molar-refractivity contribution in [1.29, 1.82) is 0 Å². The van der Waals surface area contributed by atoms with Crippen LogP contribution in [0.15, 0.2) is 46.6 Å². The average Bonchev–Trinajstić information content (AvgIpc) is 2.29. The smallest absolute Gasteiger partial charge is 0.192 e. The van der Waals surface area contributed by atoms with E-state index in [1.807, 2.05) is 12.1 Å². The van der Waals surface area contributed by atoms with Gasteiger partial charge in [-0.05, 0) is 36.9 Å². The molecular formula is C12H13N3S. The van der Waals surface area contributed by atoms with Gasteiger partial charge in [0, 0.05) is 17.6 Å². The van der Waals surface area contributed by atoms with Gasteiger partial charge in [0.15, 0.2) is 5.16 Å². The van der Waals surface area contributed by atoms with Gasteiger partial charge in [-0.1, -0.05) is 17.7 Å². The number of benzene rings is 1. The Morgan fingerprint density at radius 2 is 2.19 bits per heavy atom. The van der Waals surface area contributed by atoms with E-state index in [1.54, 1.807) is 18.0 Å². The second-order valence-electron chi connectivity index (χ2n) is 3.45. The van der Waals surface area contributed by atoms with Crippen molar-refractivity contribution in [3.63, 3.8) is 0 Å². The van der Waals surface area contributed by atoms with Crippen molar-refractivity contribution in [2.24, 2.45) is 5.73 Å². The van der Waals surface area contributed by atoms with E-state index in [9.17, 15) is 0 Å². The summed E-state index contributed by atoms with van der Waals surface area (Å²) in [6.45, 7) is 2.52. The van der Waals surface area contributed by atoms with Gasteiger partial charge in [0.2, 0.25) is 0 Å². The van der Waals surface area contributed by atoms with Gasteiger partial charge >= 0.3 is 0 Å². The number of nitrogens with two attached hydrogens (primary N) is 1. The molecule has 2 N–H and O–H groups in total. The maximum atomic E-state index is 5.54. The van der Waals surface area contributed by atoms with Crippen molar-refractivity contribution in [3.8, 4) is 0 Å². The Kier molecular flexibility index (Phi) is 3.54. The van der Waals surface area contributed by atoms with E-state index < -0.39 is 0 Å². The lowest BCUT2D eigenvalue weighted by atomic mass is 10.2. The molecule has 0 fully saturated rings. The summed E-state index contributed by atoms with van der Waals surface area (Å²) in [6, 6.07) is 10.1. The maximum absolute atomic E-state index is 5.54. The lowest BCUT2D eigenvalue weighted by Crippen LogP contribution is -2.00. The molecule has 0 radical (unpaired) electrons. The van der Waals surface area contributed by atoms with Crippen molar-refractivity contribution in [2.45, 2.75) is 23.5 Å². The summed E-state index contributed by atoms with van der Waals surface area (Å²) in [5, 5.41) is 0.744. The molecule has 82 valence electrons. The lowest BCUT2D eigenvalue weighted by molar-refractivity contribution is 0.874. The van der Waals surface area contributed by atoms with E-state index in [2.05, 4.69) is 35.1 Å². The molecule has 0 spiro atoms. The van der Waals surface area contributed by atoms with Gasteiger partial charge in [0.25, 0.3) is 0 Å². The molecule has 1 heterocycles. The number of hydrogen-bond acceptors (Lipinski definition) is 4. The number of aryl methyl sites for hydroxylation is 1. The normalized spacial score (nSPS) is 10.4. The molecule has 0 saturated heterocycles. The fourth-order valence-corrected chi connectivity index (χ4v) is 2.20. The number of hydrogen-bond donors (Lipinski definition) is 1. The summed E-state index contributed by atoms with van der Waals surface area (Å²) in [5.41, 5.74) is 7.64. The Hall–Kier alpha value is -1.39. The number of aromatic nitrogens is 2. The van der Waals surface area contributed by atoms with E-state index in [4.69, 9.17) is 5.73 Å². The highest BCUT2D eigenvalue weighted by atomic mass is 32.2. The quantitative estimate of drug-likeness (QED) is 0.824. The van der Waals surface area contributed by atoms with Gasteiger partial charge < -0.3 is 5.73 Å². The van der Waals surface area contributed by atoms with Gasteiger partial charge in [-0.15, -0.1) is 0 Å². The van der Waals surface area contributed by atoms with E-state index >= 15 is 0 Å². The van der Waals surface area contributed by atoms with Crippen LogP contribution in [0, 0.1) is 6.92 Å². The molecule has 0 saturated carbocycles. The van der Waals surface area contributed by atoms with Crippen LogP contribution in [0.1, 0.15) is 11.3 Å². The lowest BCUT2D eigenvalue weighted by Gasteiger charge is -2.02. The Balaban J connectivity index is 2.20. The second-order valence-corrected chi connectivity index (χ2v) is 4.49. The molecule has 1 aromatic heterocycles. The monoisotopic (exact) mass is 231 g/mol. The first-order valence-electron chi connectivity index (χ1n) is 5.04. The third kappa shape index (κ3) is 2.81. The largest absolute Gasteiger partial charge is 0.325 e. The summed E-state index contributed by atoms with van der Waals surface area (Å²) in [6.07, 6.45) is 1.74. The molecule has 0 aliphatic carbocycles. The van der Waals surface area contributed by atoms with Crippen LogP contribution in [0.2, 0.25) is 0 Å². The molecule has 0 aliphatic heterocycles. The predicted molar refractivity (Wildman–Crippen MR) is 65.2 cm³/mol. The van der Waals surface area contributed by atoms with Crippen LogP contribution in [0.25, 0.3) is 0 Å². The Morgan fingerprint density at radius 1 is 1.31 bits per heavy atom. The predicted octanol–water partition coefficient (Wildman–Crippen LogP) is 2.39. The molecule has 4 heteroatoms. The Bertz CT molecular complexity index is 485. The van der Waals surface area contributed by atoms with Gasteiger partial charge in [0.05, 0.1) is 5.69 Å². The highest BCUT2D eigenvalue weighted by molar-refractivity contribution is 7.99. The van der Waals surface area contributed by atoms with Crippen molar-refractivity contribution < 1.29 is 0 Å². The zero-order valence-electron chi connectivity index (χ0n) is 9.05. The SMILES string of the molecule is Cc1cccc(Sc2nccc(CN)n2)c1. The van der Waals surface area contributed by atoms with Crippen LogP contribution in [-0.4, -0.2) is 9.97 Å². The molecule has 0 amide bonds. The molecule has 0 aliphatic rings. The van der Waals surface area contributed by atoms with E-state index in [0.717, 1.165) is 15.7 Å². The van der Waals surface area contributed by atoms with Gasteiger partial charge in [-0.25, -0.2) is 9.97 Å². The molecule has 0 unspecified atom stereocenters. The van der Waals surface area contributed by atoms with Crippen LogP contribution in [0.4, 0.5) is 0 Å². The van der Waals surface area contributed by atoms with E-state index in [-0.39, 0.29) is 0 Å². The minimum Gasteiger partial charge on any atom is -0.325 e. The van der Waals surface area contributed by atoms with Gasteiger partial charge in [0.1, 0.15) is 0 Å². The topological polar surface area (TPSA) is 51.8 Å². The van der Waals surface area contributed by atoms with Crippen molar-refractivity contribution in [1.82, 2.24) is 9.97 Å². The van der Waals surface area contributed by atoms with Gasteiger partial charge in [-0.2, -0.15) is 0 Å². The third-order valence-electron chi connectivity index (χ3n) is 2.10. The van der Waals surface area contributed by atoms with Crippen LogP contribution in [0.5, 0.6) is 0 Å². The van der Waals surface area contributed by atoms with Crippen LogP contribution >= 0.6 is 11.8 Å². The van der Waals surface area contributed by atoms with Gasteiger partial charge in [-0.3, -0.25) is 0 Å². The molecule has 0 atom stereocenters. The molecule has 2 rings (SSSR count). The van der Waals surface area contributed by atoms with Crippen LogP contribution in [0.3, 0.4) is 0 Å². The first-order valence-corrected chi connectivity index (χ1v) is 5.86. The second kappa shape index (κ2) is 5.09. The van der Waals surface area contributed by atoms with Crippen LogP contribution < -0.4 is 5.73 Å². The van der Waals surface area contributed by atoms with Crippen molar-refractivity contribution in [3.05, 3.63) is 47.8 Å². The van der Waals surface area contributed by atoms with Crippen molar-refractivity contribution >= 4 is 11.8 Å².